The lowest BCUT2D eigenvalue weighted by molar-refractivity contribution is -0.129. The molecule has 4 heteroatoms. The molecule has 0 radical (unpaired) electrons. The molecule has 3 unspecified atom stereocenters. The topological polar surface area (TPSA) is 58.6 Å². The summed E-state index contributed by atoms with van der Waals surface area (Å²) in [7, 11) is 0. The van der Waals surface area contributed by atoms with E-state index < -0.39 is 6.10 Å². The SMILES string of the molecule is CC(O)C(=O)N[C@H]1CC2CCC1O2. The van der Waals surface area contributed by atoms with Gasteiger partial charge in [-0.2, -0.15) is 0 Å². The van der Waals surface area contributed by atoms with E-state index in [1.54, 1.807) is 0 Å². The second-order valence-corrected chi connectivity index (χ2v) is 3.90. The first-order chi connectivity index (χ1) is 6.16. The average Bonchev–Trinajstić information content (AvgIpc) is 2.64. The quantitative estimate of drug-likeness (QED) is 0.626. The second-order valence-electron chi connectivity index (χ2n) is 3.90. The Morgan fingerprint density at radius 1 is 1.62 bits per heavy atom. The summed E-state index contributed by atoms with van der Waals surface area (Å²) in [5.41, 5.74) is 0. The van der Waals surface area contributed by atoms with Crippen molar-refractivity contribution < 1.29 is 14.6 Å². The number of hydrogen-bond acceptors (Lipinski definition) is 3. The van der Waals surface area contributed by atoms with E-state index in [2.05, 4.69) is 5.32 Å². The predicted octanol–water partition coefficient (Wildman–Crippen LogP) is -0.197. The molecule has 2 rings (SSSR count). The summed E-state index contributed by atoms with van der Waals surface area (Å²) in [6.45, 7) is 1.48. The van der Waals surface area contributed by atoms with E-state index in [1.165, 1.54) is 6.92 Å². The number of fused-ring (bicyclic) bond motifs is 2. The van der Waals surface area contributed by atoms with Crippen molar-refractivity contribution in [3.8, 4) is 0 Å². The summed E-state index contributed by atoms with van der Waals surface area (Å²) in [5.74, 6) is -0.291. The van der Waals surface area contributed by atoms with Gasteiger partial charge in [-0.1, -0.05) is 0 Å². The Hall–Kier alpha value is -0.610. The number of aliphatic hydroxyl groups excluding tert-OH is 1. The molecule has 4 atom stereocenters. The van der Waals surface area contributed by atoms with Crippen molar-refractivity contribution in [3.05, 3.63) is 0 Å². The summed E-state index contributed by atoms with van der Waals surface area (Å²) >= 11 is 0. The molecule has 2 fully saturated rings. The molecule has 2 aliphatic rings. The molecule has 2 N–H and O–H groups in total. The van der Waals surface area contributed by atoms with Gasteiger partial charge in [0.1, 0.15) is 6.10 Å². The monoisotopic (exact) mass is 185 g/mol. The van der Waals surface area contributed by atoms with Gasteiger partial charge in [0.15, 0.2) is 0 Å². The zero-order valence-corrected chi connectivity index (χ0v) is 7.69. The Morgan fingerprint density at radius 3 is 2.85 bits per heavy atom. The van der Waals surface area contributed by atoms with E-state index in [-0.39, 0.29) is 18.1 Å². The van der Waals surface area contributed by atoms with E-state index in [0.717, 1.165) is 19.3 Å². The number of amides is 1. The van der Waals surface area contributed by atoms with Crippen LogP contribution in [0, 0.1) is 0 Å². The average molecular weight is 185 g/mol. The van der Waals surface area contributed by atoms with E-state index in [9.17, 15) is 4.79 Å². The first kappa shape index (κ1) is 8.97. The first-order valence-electron chi connectivity index (χ1n) is 4.80. The molecule has 1 amide bonds. The van der Waals surface area contributed by atoms with Crippen LogP contribution in [0.3, 0.4) is 0 Å². The Morgan fingerprint density at radius 2 is 2.38 bits per heavy atom. The van der Waals surface area contributed by atoms with Gasteiger partial charge in [-0.3, -0.25) is 4.79 Å². The minimum Gasteiger partial charge on any atom is -0.384 e. The zero-order valence-electron chi connectivity index (χ0n) is 7.69. The predicted molar refractivity (Wildman–Crippen MR) is 46.1 cm³/mol. The number of hydrogen-bond donors (Lipinski definition) is 2. The summed E-state index contributed by atoms with van der Waals surface area (Å²) in [5, 5.41) is 11.8. The zero-order chi connectivity index (χ0) is 9.42. The van der Waals surface area contributed by atoms with Crippen LogP contribution in [-0.2, 0) is 9.53 Å². The Balaban J connectivity index is 1.86. The fraction of sp³-hybridized carbons (Fsp3) is 0.889. The van der Waals surface area contributed by atoms with Crippen LogP contribution in [0.2, 0.25) is 0 Å². The third-order valence-corrected chi connectivity index (χ3v) is 2.81. The lowest BCUT2D eigenvalue weighted by Crippen LogP contribution is -2.45. The van der Waals surface area contributed by atoms with Crippen molar-refractivity contribution in [1.29, 1.82) is 0 Å². The smallest absolute Gasteiger partial charge is 0.248 e. The third-order valence-electron chi connectivity index (χ3n) is 2.81. The highest BCUT2D eigenvalue weighted by Crippen LogP contribution is 2.34. The molecule has 0 saturated carbocycles. The Labute approximate surface area is 77.3 Å². The van der Waals surface area contributed by atoms with Crippen molar-refractivity contribution in [2.75, 3.05) is 0 Å². The summed E-state index contributed by atoms with van der Waals surface area (Å²) < 4.78 is 5.57. The van der Waals surface area contributed by atoms with E-state index in [0.29, 0.717) is 6.10 Å². The van der Waals surface area contributed by atoms with Crippen LogP contribution in [0.5, 0.6) is 0 Å². The molecule has 2 heterocycles. The minimum absolute atomic E-state index is 0.126. The lowest BCUT2D eigenvalue weighted by atomic mass is 9.95. The van der Waals surface area contributed by atoms with Gasteiger partial charge in [-0.25, -0.2) is 0 Å². The number of ether oxygens (including phenoxy) is 1. The fourth-order valence-electron chi connectivity index (χ4n) is 2.09. The van der Waals surface area contributed by atoms with Gasteiger partial charge in [0.2, 0.25) is 5.91 Å². The number of carbonyl (C=O) groups excluding carboxylic acids is 1. The van der Waals surface area contributed by atoms with Gasteiger partial charge >= 0.3 is 0 Å². The van der Waals surface area contributed by atoms with E-state index >= 15 is 0 Å². The summed E-state index contributed by atoms with van der Waals surface area (Å²) in [6.07, 6.45) is 2.67. The first-order valence-corrected chi connectivity index (χ1v) is 4.80. The van der Waals surface area contributed by atoms with Gasteiger partial charge in [-0.05, 0) is 26.2 Å². The molecule has 4 nitrogen and oxygen atoms in total. The van der Waals surface area contributed by atoms with Crippen LogP contribution in [0.25, 0.3) is 0 Å². The molecule has 74 valence electrons. The van der Waals surface area contributed by atoms with E-state index in [4.69, 9.17) is 9.84 Å². The maximum atomic E-state index is 11.2. The molecule has 2 bridgehead atoms. The van der Waals surface area contributed by atoms with Crippen LogP contribution in [0.1, 0.15) is 26.2 Å². The van der Waals surface area contributed by atoms with Crippen LogP contribution in [0.4, 0.5) is 0 Å². The summed E-state index contributed by atoms with van der Waals surface area (Å²) in [4.78, 5) is 11.2. The molecule has 0 spiro atoms. The number of rotatable bonds is 2. The molecule has 0 aromatic rings. The van der Waals surface area contributed by atoms with Crippen molar-refractivity contribution >= 4 is 5.91 Å². The Kier molecular flexibility index (Phi) is 2.26. The summed E-state index contributed by atoms with van der Waals surface area (Å²) in [6, 6.07) is 0.126. The fourth-order valence-corrected chi connectivity index (χ4v) is 2.09. The highest BCUT2D eigenvalue weighted by Gasteiger charge is 2.41. The highest BCUT2D eigenvalue weighted by molar-refractivity contribution is 5.80. The van der Waals surface area contributed by atoms with Crippen molar-refractivity contribution in [2.24, 2.45) is 0 Å². The molecule has 0 aliphatic carbocycles. The minimum atomic E-state index is -0.917. The van der Waals surface area contributed by atoms with Crippen molar-refractivity contribution in [3.63, 3.8) is 0 Å². The van der Waals surface area contributed by atoms with Crippen LogP contribution >= 0.6 is 0 Å². The number of aliphatic hydroxyl groups is 1. The molecular formula is C9H15NO3. The second kappa shape index (κ2) is 3.27. The Bertz CT molecular complexity index is 217. The van der Waals surface area contributed by atoms with Crippen molar-refractivity contribution in [1.82, 2.24) is 5.32 Å². The maximum Gasteiger partial charge on any atom is 0.248 e. The van der Waals surface area contributed by atoms with Gasteiger partial charge < -0.3 is 15.2 Å². The highest BCUT2D eigenvalue weighted by atomic mass is 16.5. The van der Waals surface area contributed by atoms with Crippen LogP contribution in [0.15, 0.2) is 0 Å². The van der Waals surface area contributed by atoms with E-state index in [1.807, 2.05) is 0 Å². The van der Waals surface area contributed by atoms with Gasteiger partial charge in [0.25, 0.3) is 0 Å². The van der Waals surface area contributed by atoms with Crippen LogP contribution < -0.4 is 5.32 Å². The normalized spacial score (nSPS) is 39.1. The largest absolute Gasteiger partial charge is 0.384 e. The third kappa shape index (κ3) is 1.69. The number of carbonyl (C=O) groups is 1. The molecule has 0 aromatic carbocycles. The molecule has 2 saturated heterocycles. The molecule has 0 aromatic heterocycles. The molecule has 2 aliphatic heterocycles. The lowest BCUT2D eigenvalue weighted by Gasteiger charge is -2.20. The van der Waals surface area contributed by atoms with Crippen molar-refractivity contribution in [2.45, 2.75) is 50.5 Å². The maximum absolute atomic E-state index is 11.2. The number of nitrogens with one attached hydrogen (secondary N) is 1. The van der Waals surface area contributed by atoms with Gasteiger partial charge in [0, 0.05) is 0 Å². The van der Waals surface area contributed by atoms with Gasteiger partial charge in [-0.15, -0.1) is 0 Å². The molecular weight excluding hydrogens is 170 g/mol. The van der Waals surface area contributed by atoms with Gasteiger partial charge in [0.05, 0.1) is 18.2 Å². The van der Waals surface area contributed by atoms with Crippen LogP contribution in [-0.4, -0.2) is 35.4 Å². The molecule has 13 heavy (non-hydrogen) atoms. The standard InChI is InChI=1S/C9H15NO3/c1-5(11)9(12)10-7-4-6-2-3-8(7)13-6/h5-8,11H,2-4H2,1H3,(H,10,12)/t5?,6?,7-,8?/m0/s1.